The molecule has 5 nitrogen and oxygen atoms in total. The number of ether oxygens (including phenoxy) is 2. The summed E-state index contributed by atoms with van der Waals surface area (Å²) in [6, 6.07) is 0.268. The molecule has 2 rings (SSSR count). The standard InChI is InChI=1S/C13H24N2O3S/c1-2-18-13(16)15-4-3-9-19-11-12(15)10-14-5-7-17-8-6-14/h12H,2-11H2,1H3/t12-/m0/s1. The van der Waals surface area contributed by atoms with Gasteiger partial charge in [-0.05, 0) is 19.1 Å². The average molecular weight is 288 g/mol. The molecule has 2 aliphatic rings. The molecule has 0 aliphatic carbocycles. The monoisotopic (exact) mass is 288 g/mol. The molecule has 0 aromatic heterocycles. The largest absolute Gasteiger partial charge is 0.450 e. The van der Waals surface area contributed by atoms with Crippen molar-refractivity contribution in [2.75, 3.05) is 57.5 Å². The van der Waals surface area contributed by atoms with Crippen LogP contribution in [0.4, 0.5) is 4.79 Å². The minimum Gasteiger partial charge on any atom is -0.450 e. The lowest BCUT2D eigenvalue weighted by atomic mass is 10.2. The van der Waals surface area contributed by atoms with E-state index in [4.69, 9.17) is 9.47 Å². The van der Waals surface area contributed by atoms with Crippen molar-refractivity contribution in [1.82, 2.24) is 9.80 Å². The van der Waals surface area contributed by atoms with Gasteiger partial charge in [0, 0.05) is 31.9 Å². The molecular formula is C13H24N2O3S. The summed E-state index contributed by atoms with van der Waals surface area (Å²) in [4.78, 5) is 16.4. The fraction of sp³-hybridized carbons (Fsp3) is 0.923. The summed E-state index contributed by atoms with van der Waals surface area (Å²) in [5.74, 6) is 2.14. The van der Waals surface area contributed by atoms with Crippen LogP contribution in [0.5, 0.6) is 0 Å². The van der Waals surface area contributed by atoms with Gasteiger partial charge in [-0.2, -0.15) is 11.8 Å². The first-order valence-corrected chi connectivity index (χ1v) is 8.28. The summed E-state index contributed by atoms with van der Waals surface area (Å²) in [5, 5.41) is 0. The van der Waals surface area contributed by atoms with Crippen LogP contribution in [0, 0.1) is 0 Å². The molecule has 1 amide bonds. The summed E-state index contributed by atoms with van der Waals surface area (Å²) in [6.45, 7) is 7.62. The number of thioether (sulfide) groups is 1. The molecule has 0 spiro atoms. The lowest BCUT2D eigenvalue weighted by Crippen LogP contribution is -2.50. The van der Waals surface area contributed by atoms with Gasteiger partial charge in [-0.25, -0.2) is 4.79 Å². The molecule has 0 aromatic rings. The van der Waals surface area contributed by atoms with Crippen LogP contribution < -0.4 is 0 Å². The number of morpholine rings is 1. The minimum atomic E-state index is -0.150. The number of carbonyl (C=O) groups excluding carboxylic acids is 1. The highest BCUT2D eigenvalue weighted by Crippen LogP contribution is 2.18. The fourth-order valence-electron chi connectivity index (χ4n) is 2.51. The maximum atomic E-state index is 12.1. The molecule has 110 valence electrons. The van der Waals surface area contributed by atoms with Crippen molar-refractivity contribution in [2.45, 2.75) is 19.4 Å². The molecule has 2 saturated heterocycles. The number of amides is 1. The highest BCUT2D eigenvalue weighted by molar-refractivity contribution is 7.99. The third kappa shape index (κ3) is 4.54. The van der Waals surface area contributed by atoms with Gasteiger partial charge < -0.3 is 14.4 Å². The van der Waals surface area contributed by atoms with E-state index >= 15 is 0 Å². The van der Waals surface area contributed by atoms with E-state index in [2.05, 4.69) is 4.90 Å². The molecule has 0 aromatic carbocycles. The Morgan fingerprint density at radius 2 is 2.16 bits per heavy atom. The quantitative estimate of drug-likeness (QED) is 0.782. The van der Waals surface area contributed by atoms with Crippen molar-refractivity contribution < 1.29 is 14.3 Å². The SMILES string of the molecule is CCOC(=O)N1CCCSC[C@@H]1CN1CCOCC1. The fourth-order valence-corrected chi connectivity index (χ4v) is 3.57. The first-order valence-electron chi connectivity index (χ1n) is 7.12. The Labute approximate surface area is 119 Å². The van der Waals surface area contributed by atoms with E-state index in [-0.39, 0.29) is 12.1 Å². The van der Waals surface area contributed by atoms with Crippen molar-refractivity contribution >= 4 is 17.9 Å². The van der Waals surface area contributed by atoms with Crippen LogP contribution in [0.2, 0.25) is 0 Å². The highest BCUT2D eigenvalue weighted by atomic mass is 32.2. The molecule has 0 radical (unpaired) electrons. The maximum Gasteiger partial charge on any atom is 0.410 e. The van der Waals surface area contributed by atoms with E-state index in [0.717, 1.165) is 57.3 Å². The zero-order valence-corrected chi connectivity index (χ0v) is 12.5. The van der Waals surface area contributed by atoms with Crippen LogP contribution in [0.3, 0.4) is 0 Å². The molecule has 0 bridgehead atoms. The number of hydrogen-bond acceptors (Lipinski definition) is 5. The minimum absolute atomic E-state index is 0.150. The normalized spacial score (nSPS) is 25.9. The summed E-state index contributed by atoms with van der Waals surface area (Å²) in [5.41, 5.74) is 0. The van der Waals surface area contributed by atoms with Gasteiger partial charge in [0.25, 0.3) is 0 Å². The summed E-state index contributed by atoms with van der Waals surface area (Å²) < 4.78 is 10.6. The van der Waals surface area contributed by atoms with E-state index in [0.29, 0.717) is 6.61 Å². The van der Waals surface area contributed by atoms with Crippen molar-refractivity contribution in [3.8, 4) is 0 Å². The van der Waals surface area contributed by atoms with E-state index in [1.165, 1.54) is 0 Å². The first-order chi connectivity index (χ1) is 9.31. The Kier molecular flexibility index (Phi) is 6.26. The van der Waals surface area contributed by atoms with Gasteiger partial charge in [0.05, 0.1) is 25.9 Å². The van der Waals surface area contributed by atoms with Gasteiger partial charge in [-0.3, -0.25) is 4.90 Å². The lowest BCUT2D eigenvalue weighted by molar-refractivity contribution is 0.0237. The molecule has 2 fully saturated rings. The number of nitrogens with zero attached hydrogens (tertiary/aromatic N) is 2. The lowest BCUT2D eigenvalue weighted by Gasteiger charge is -2.35. The average Bonchev–Trinajstić information content (AvgIpc) is 2.66. The zero-order chi connectivity index (χ0) is 13.5. The van der Waals surface area contributed by atoms with Crippen LogP contribution in [0.15, 0.2) is 0 Å². The Morgan fingerprint density at radius 3 is 2.89 bits per heavy atom. The van der Waals surface area contributed by atoms with E-state index in [9.17, 15) is 4.79 Å². The Hall–Kier alpha value is -0.460. The van der Waals surface area contributed by atoms with E-state index in [1.807, 2.05) is 23.6 Å². The zero-order valence-electron chi connectivity index (χ0n) is 11.7. The Balaban J connectivity index is 1.93. The van der Waals surface area contributed by atoms with Gasteiger partial charge in [-0.1, -0.05) is 0 Å². The molecule has 6 heteroatoms. The molecule has 0 N–H and O–H groups in total. The molecule has 0 saturated carbocycles. The molecule has 2 heterocycles. The Morgan fingerprint density at radius 1 is 1.37 bits per heavy atom. The molecule has 2 aliphatic heterocycles. The second-order valence-electron chi connectivity index (χ2n) is 4.89. The summed E-state index contributed by atoms with van der Waals surface area (Å²) in [7, 11) is 0. The molecule has 0 unspecified atom stereocenters. The first kappa shape index (κ1) is 14.9. The molecule has 19 heavy (non-hydrogen) atoms. The smallest absolute Gasteiger partial charge is 0.410 e. The van der Waals surface area contributed by atoms with Gasteiger partial charge in [0.2, 0.25) is 0 Å². The van der Waals surface area contributed by atoms with Crippen LogP contribution in [0.25, 0.3) is 0 Å². The van der Waals surface area contributed by atoms with Crippen LogP contribution >= 0.6 is 11.8 Å². The van der Waals surface area contributed by atoms with Gasteiger partial charge >= 0.3 is 6.09 Å². The maximum absolute atomic E-state index is 12.1. The van der Waals surface area contributed by atoms with Crippen molar-refractivity contribution in [3.05, 3.63) is 0 Å². The van der Waals surface area contributed by atoms with E-state index in [1.54, 1.807) is 0 Å². The molecular weight excluding hydrogens is 264 g/mol. The molecule has 1 atom stereocenters. The number of carbonyl (C=O) groups is 1. The number of hydrogen-bond donors (Lipinski definition) is 0. The Bertz CT molecular complexity index is 285. The third-order valence-corrected chi connectivity index (χ3v) is 4.71. The van der Waals surface area contributed by atoms with Gasteiger partial charge in [0.15, 0.2) is 0 Å². The van der Waals surface area contributed by atoms with Crippen LogP contribution in [-0.4, -0.2) is 79.4 Å². The second kappa shape index (κ2) is 7.97. The topological polar surface area (TPSA) is 42.0 Å². The van der Waals surface area contributed by atoms with Crippen molar-refractivity contribution in [1.29, 1.82) is 0 Å². The van der Waals surface area contributed by atoms with Gasteiger partial charge in [-0.15, -0.1) is 0 Å². The summed E-state index contributed by atoms with van der Waals surface area (Å²) >= 11 is 1.94. The van der Waals surface area contributed by atoms with Crippen LogP contribution in [0.1, 0.15) is 13.3 Å². The summed E-state index contributed by atoms with van der Waals surface area (Å²) in [6.07, 6.45) is 0.909. The van der Waals surface area contributed by atoms with Gasteiger partial charge in [0.1, 0.15) is 0 Å². The van der Waals surface area contributed by atoms with Crippen molar-refractivity contribution in [3.63, 3.8) is 0 Å². The predicted octanol–water partition coefficient (Wildman–Crippen LogP) is 1.28. The van der Waals surface area contributed by atoms with Crippen LogP contribution in [-0.2, 0) is 9.47 Å². The highest BCUT2D eigenvalue weighted by Gasteiger charge is 2.28. The van der Waals surface area contributed by atoms with E-state index < -0.39 is 0 Å². The van der Waals surface area contributed by atoms with Crippen molar-refractivity contribution in [2.24, 2.45) is 0 Å². The number of rotatable bonds is 3. The third-order valence-electron chi connectivity index (χ3n) is 3.51. The predicted molar refractivity (Wildman–Crippen MR) is 76.7 cm³/mol. The second-order valence-corrected chi connectivity index (χ2v) is 6.04.